The molecule has 0 aromatic heterocycles. The molecule has 3 rings (SSSR count). The number of nitrogens with zero attached hydrogens (tertiary/aromatic N) is 1. The van der Waals surface area contributed by atoms with Crippen LogP contribution in [0.1, 0.15) is 35.3 Å². The van der Waals surface area contributed by atoms with Crippen molar-refractivity contribution in [3.05, 3.63) is 70.5 Å². The summed E-state index contributed by atoms with van der Waals surface area (Å²) in [4.78, 5) is 4.40. The van der Waals surface area contributed by atoms with Crippen LogP contribution in [-0.2, 0) is 15.7 Å². The average Bonchev–Trinajstić information content (AvgIpc) is 2.62. The molecule has 1 aliphatic heterocycles. The summed E-state index contributed by atoms with van der Waals surface area (Å²) >= 11 is 0. The van der Waals surface area contributed by atoms with Gasteiger partial charge in [-0.25, -0.2) is 4.39 Å². The molecule has 0 saturated heterocycles. The SMILES string of the molecule is Cc1cc([C@@H](C)O[C@H]2OCCN=C2c2ccc(F)cc2)cc(C(F)(F)F)c1. The fraction of sp³-hybridized carbons (Fsp3) is 0.350. The lowest BCUT2D eigenvalue weighted by Gasteiger charge is -2.27. The molecule has 0 saturated carbocycles. The van der Waals surface area contributed by atoms with Gasteiger partial charge in [0.05, 0.1) is 30.5 Å². The molecular formula is C20H19F4NO2. The fourth-order valence-electron chi connectivity index (χ4n) is 2.91. The summed E-state index contributed by atoms with van der Waals surface area (Å²) in [7, 11) is 0. The smallest absolute Gasteiger partial charge is 0.345 e. The van der Waals surface area contributed by atoms with Gasteiger partial charge in [0.2, 0.25) is 6.29 Å². The molecule has 27 heavy (non-hydrogen) atoms. The largest absolute Gasteiger partial charge is 0.416 e. The number of rotatable bonds is 4. The van der Waals surface area contributed by atoms with E-state index in [2.05, 4.69) is 4.99 Å². The van der Waals surface area contributed by atoms with Crippen LogP contribution in [0.4, 0.5) is 17.6 Å². The van der Waals surface area contributed by atoms with Crippen molar-refractivity contribution >= 4 is 5.71 Å². The lowest BCUT2D eigenvalue weighted by atomic mass is 10.0. The normalized spacial score (nSPS) is 18.9. The van der Waals surface area contributed by atoms with Crippen LogP contribution in [-0.4, -0.2) is 25.2 Å². The second kappa shape index (κ2) is 7.78. The number of hydrogen-bond acceptors (Lipinski definition) is 3. The van der Waals surface area contributed by atoms with E-state index in [1.54, 1.807) is 32.0 Å². The molecule has 1 aliphatic rings. The van der Waals surface area contributed by atoms with E-state index in [9.17, 15) is 17.6 Å². The molecule has 0 aliphatic carbocycles. The van der Waals surface area contributed by atoms with Crippen molar-refractivity contribution in [2.24, 2.45) is 4.99 Å². The van der Waals surface area contributed by atoms with E-state index in [1.165, 1.54) is 12.1 Å². The third-order valence-corrected chi connectivity index (χ3v) is 4.23. The Labute approximate surface area is 154 Å². The quantitative estimate of drug-likeness (QED) is 0.692. The standard InChI is InChI=1S/C20H19F4NO2/c1-12-9-15(11-16(10-12)20(22,23)24)13(2)27-19-18(25-7-8-26-19)14-3-5-17(21)6-4-14/h3-6,9-11,13,19H,7-8H2,1-2H3/t13-,19-/m1/s1. The van der Waals surface area contributed by atoms with Gasteiger partial charge in [-0.1, -0.05) is 23.8 Å². The average molecular weight is 381 g/mol. The zero-order valence-corrected chi connectivity index (χ0v) is 14.9. The Morgan fingerprint density at radius 2 is 1.85 bits per heavy atom. The summed E-state index contributed by atoms with van der Waals surface area (Å²) in [6, 6.07) is 9.58. The Hall–Kier alpha value is -2.25. The monoisotopic (exact) mass is 381 g/mol. The molecule has 0 N–H and O–H groups in total. The highest BCUT2D eigenvalue weighted by molar-refractivity contribution is 6.03. The maximum atomic E-state index is 13.2. The second-order valence-corrected chi connectivity index (χ2v) is 6.39. The van der Waals surface area contributed by atoms with Crippen LogP contribution in [0.15, 0.2) is 47.5 Å². The highest BCUT2D eigenvalue weighted by atomic mass is 19.4. The van der Waals surface area contributed by atoms with Crippen molar-refractivity contribution < 1.29 is 27.0 Å². The lowest BCUT2D eigenvalue weighted by molar-refractivity contribution is -0.138. The molecule has 7 heteroatoms. The molecular weight excluding hydrogens is 362 g/mol. The first-order valence-electron chi connectivity index (χ1n) is 8.50. The number of hydrogen-bond donors (Lipinski definition) is 0. The molecule has 0 amide bonds. The first-order chi connectivity index (χ1) is 12.7. The molecule has 0 bridgehead atoms. The van der Waals surface area contributed by atoms with Gasteiger partial charge >= 0.3 is 6.18 Å². The van der Waals surface area contributed by atoms with Gasteiger partial charge in [0.15, 0.2) is 0 Å². The molecule has 0 radical (unpaired) electrons. The predicted octanol–water partition coefficient (Wildman–Crippen LogP) is 5.08. The number of ether oxygens (including phenoxy) is 2. The molecule has 2 aromatic carbocycles. The van der Waals surface area contributed by atoms with Crippen LogP contribution in [0.3, 0.4) is 0 Å². The van der Waals surface area contributed by atoms with Gasteiger partial charge in [-0.2, -0.15) is 13.2 Å². The lowest BCUT2D eigenvalue weighted by Crippen LogP contribution is -2.34. The molecule has 0 unspecified atom stereocenters. The van der Waals surface area contributed by atoms with Gasteiger partial charge in [-0.05, 0) is 43.7 Å². The van der Waals surface area contributed by atoms with Gasteiger partial charge in [-0.15, -0.1) is 0 Å². The maximum Gasteiger partial charge on any atom is 0.416 e. The summed E-state index contributed by atoms with van der Waals surface area (Å²) in [5.41, 5.74) is 1.32. The first-order valence-corrected chi connectivity index (χ1v) is 8.50. The Morgan fingerprint density at radius 3 is 2.52 bits per heavy atom. The molecule has 144 valence electrons. The third-order valence-electron chi connectivity index (χ3n) is 4.23. The topological polar surface area (TPSA) is 30.8 Å². The molecule has 0 spiro atoms. The van der Waals surface area contributed by atoms with Gasteiger partial charge in [0, 0.05) is 5.56 Å². The summed E-state index contributed by atoms with van der Waals surface area (Å²) in [5.74, 6) is -0.374. The van der Waals surface area contributed by atoms with Gasteiger partial charge in [0.1, 0.15) is 5.82 Å². The van der Waals surface area contributed by atoms with Crippen molar-refractivity contribution in [3.8, 4) is 0 Å². The number of halogens is 4. The van der Waals surface area contributed by atoms with Crippen molar-refractivity contribution in [1.82, 2.24) is 0 Å². The minimum absolute atomic E-state index is 0.337. The molecule has 3 nitrogen and oxygen atoms in total. The van der Waals surface area contributed by atoms with Gasteiger partial charge < -0.3 is 9.47 Å². The van der Waals surface area contributed by atoms with Crippen molar-refractivity contribution in [3.63, 3.8) is 0 Å². The number of alkyl halides is 3. The Morgan fingerprint density at radius 1 is 1.15 bits per heavy atom. The van der Waals surface area contributed by atoms with E-state index in [4.69, 9.17) is 9.47 Å². The Kier molecular flexibility index (Phi) is 5.62. The molecule has 2 atom stereocenters. The van der Waals surface area contributed by atoms with Crippen LogP contribution in [0.25, 0.3) is 0 Å². The van der Waals surface area contributed by atoms with Gasteiger partial charge in [-0.3, -0.25) is 4.99 Å². The summed E-state index contributed by atoms with van der Waals surface area (Å²) in [6.07, 6.45) is -5.92. The Balaban J connectivity index is 1.83. The minimum Gasteiger partial charge on any atom is -0.345 e. The van der Waals surface area contributed by atoms with E-state index < -0.39 is 24.1 Å². The zero-order valence-electron chi connectivity index (χ0n) is 14.9. The minimum atomic E-state index is -4.43. The van der Waals surface area contributed by atoms with Crippen molar-refractivity contribution in [2.45, 2.75) is 32.4 Å². The first kappa shape index (κ1) is 19.5. The van der Waals surface area contributed by atoms with Crippen LogP contribution in [0, 0.1) is 12.7 Å². The number of benzene rings is 2. The van der Waals surface area contributed by atoms with Crippen LogP contribution in [0.2, 0.25) is 0 Å². The van der Waals surface area contributed by atoms with Crippen molar-refractivity contribution in [2.75, 3.05) is 13.2 Å². The summed E-state index contributed by atoms with van der Waals surface area (Å²) < 4.78 is 63.9. The second-order valence-electron chi connectivity index (χ2n) is 6.39. The highest BCUT2D eigenvalue weighted by Crippen LogP contribution is 2.33. The number of aryl methyl sites for hydroxylation is 1. The fourth-order valence-corrected chi connectivity index (χ4v) is 2.91. The van der Waals surface area contributed by atoms with E-state index in [-0.39, 0.29) is 5.82 Å². The Bertz CT molecular complexity index is 831. The summed E-state index contributed by atoms with van der Waals surface area (Å²) in [6.45, 7) is 4.04. The van der Waals surface area contributed by atoms with Crippen molar-refractivity contribution in [1.29, 1.82) is 0 Å². The maximum absolute atomic E-state index is 13.2. The van der Waals surface area contributed by atoms with E-state index >= 15 is 0 Å². The van der Waals surface area contributed by atoms with E-state index in [1.807, 2.05) is 0 Å². The van der Waals surface area contributed by atoms with E-state index in [0.29, 0.717) is 35.6 Å². The third kappa shape index (κ3) is 4.73. The highest BCUT2D eigenvalue weighted by Gasteiger charge is 2.32. The summed E-state index contributed by atoms with van der Waals surface area (Å²) in [5, 5.41) is 0. The number of aliphatic imine (C=N–C) groups is 1. The zero-order chi connectivity index (χ0) is 19.6. The molecule has 1 heterocycles. The van der Waals surface area contributed by atoms with Crippen LogP contribution in [0.5, 0.6) is 0 Å². The van der Waals surface area contributed by atoms with Gasteiger partial charge in [0.25, 0.3) is 0 Å². The van der Waals surface area contributed by atoms with E-state index in [0.717, 1.165) is 12.1 Å². The molecule has 0 fully saturated rings. The van der Waals surface area contributed by atoms with Crippen LogP contribution >= 0.6 is 0 Å². The predicted molar refractivity (Wildman–Crippen MR) is 93.2 cm³/mol. The molecule has 2 aromatic rings. The van der Waals surface area contributed by atoms with Crippen LogP contribution < -0.4 is 0 Å².